The van der Waals surface area contributed by atoms with Gasteiger partial charge < -0.3 is 15.3 Å². The third-order valence-corrected chi connectivity index (χ3v) is 3.53. The van der Waals surface area contributed by atoms with Crippen LogP contribution in [0.25, 0.3) is 0 Å². The molecular weight excluding hydrogens is 270 g/mol. The van der Waals surface area contributed by atoms with Gasteiger partial charge in [-0.2, -0.15) is 0 Å². The second kappa shape index (κ2) is 5.44. The number of nitrogens with zero attached hydrogens (tertiary/aromatic N) is 1. The smallest absolute Gasteiger partial charge is 0.322 e. The number of carboxylic acids is 1. The second-order valence-corrected chi connectivity index (χ2v) is 4.69. The Morgan fingerprint density at radius 2 is 1.95 bits per heavy atom. The maximum atomic E-state index is 13.4. The van der Waals surface area contributed by atoms with Crippen LogP contribution in [-0.4, -0.2) is 34.6 Å². The fraction of sp³-hybridized carbons (Fsp3) is 0.385. The molecule has 0 bridgehead atoms. The van der Waals surface area contributed by atoms with E-state index in [0.29, 0.717) is 6.42 Å². The highest BCUT2D eigenvalue weighted by atomic mass is 19.1. The van der Waals surface area contributed by atoms with Crippen LogP contribution in [0, 0.1) is 17.6 Å². The summed E-state index contributed by atoms with van der Waals surface area (Å²) in [6.07, 6.45) is 0.323. The maximum absolute atomic E-state index is 13.4. The highest BCUT2D eigenvalue weighted by Crippen LogP contribution is 2.26. The molecule has 1 aromatic carbocycles. The Bertz CT molecular complexity index is 530. The van der Waals surface area contributed by atoms with Crippen molar-refractivity contribution in [2.45, 2.75) is 19.4 Å². The lowest BCUT2D eigenvalue weighted by atomic mass is 10.0. The number of carbonyl (C=O) groups excluding carboxylic acids is 1. The van der Waals surface area contributed by atoms with Crippen molar-refractivity contribution in [3.63, 3.8) is 0 Å². The van der Waals surface area contributed by atoms with Crippen LogP contribution in [0.3, 0.4) is 0 Å². The van der Waals surface area contributed by atoms with E-state index in [9.17, 15) is 18.4 Å². The lowest BCUT2D eigenvalue weighted by Crippen LogP contribution is -2.40. The van der Waals surface area contributed by atoms with Gasteiger partial charge >= 0.3 is 12.0 Å². The number of carbonyl (C=O) groups is 2. The van der Waals surface area contributed by atoms with Crippen molar-refractivity contribution < 1.29 is 23.5 Å². The average Bonchev–Trinajstić information content (AvgIpc) is 2.76. The monoisotopic (exact) mass is 284 g/mol. The summed E-state index contributed by atoms with van der Waals surface area (Å²) in [6, 6.07) is 2.03. The molecule has 1 aliphatic heterocycles. The number of aliphatic carboxylic acids is 1. The van der Waals surface area contributed by atoms with E-state index in [1.807, 2.05) is 0 Å². The minimum atomic E-state index is -0.982. The fourth-order valence-electron chi connectivity index (χ4n) is 2.35. The van der Waals surface area contributed by atoms with Crippen LogP contribution in [0.15, 0.2) is 18.2 Å². The summed E-state index contributed by atoms with van der Waals surface area (Å²) in [5.41, 5.74) is -0.525. The van der Waals surface area contributed by atoms with Crippen molar-refractivity contribution >= 4 is 17.7 Å². The van der Waals surface area contributed by atoms with Gasteiger partial charge in [0.15, 0.2) is 0 Å². The molecule has 0 radical (unpaired) electrons. The molecule has 2 unspecified atom stereocenters. The highest BCUT2D eigenvalue weighted by molar-refractivity contribution is 5.90. The minimum Gasteiger partial charge on any atom is -0.481 e. The Hall–Kier alpha value is -2.18. The third-order valence-electron chi connectivity index (χ3n) is 3.53. The first-order valence-corrected chi connectivity index (χ1v) is 6.16. The largest absolute Gasteiger partial charge is 0.481 e. The van der Waals surface area contributed by atoms with Crippen molar-refractivity contribution in [1.29, 1.82) is 0 Å². The lowest BCUT2D eigenvalue weighted by molar-refractivity contribution is -0.142. The number of likely N-dealkylation sites (tertiary alicyclic amines) is 1. The molecule has 0 aliphatic carbocycles. The van der Waals surface area contributed by atoms with E-state index in [2.05, 4.69) is 5.32 Å². The number of halogens is 2. The van der Waals surface area contributed by atoms with Crippen molar-refractivity contribution in [1.82, 2.24) is 4.90 Å². The first-order chi connectivity index (χ1) is 9.41. The van der Waals surface area contributed by atoms with E-state index in [0.717, 1.165) is 12.1 Å². The molecule has 1 fully saturated rings. The van der Waals surface area contributed by atoms with Crippen LogP contribution in [0.4, 0.5) is 19.3 Å². The number of rotatable bonds is 2. The molecular formula is C13H14F2N2O3. The topological polar surface area (TPSA) is 69.6 Å². The predicted molar refractivity (Wildman–Crippen MR) is 67.3 cm³/mol. The number of urea groups is 1. The molecule has 0 saturated carbocycles. The molecule has 2 atom stereocenters. The van der Waals surface area contributed by atoms with E-state index < -0.39 is 41.3 Å². The summed E-state index contributed by atoms with van der Waals surface area (Å²) >= 11 is 0. The molecule has 2 amide bonds. The molecule has 2 rings (SSSR count). The molecule has 0 aromatic heterocycles. The third kappa shape index (κ3) is 2.56. The van der Waals surface area contributed by atoms with E-state index in [1.54, 1.807) is 6.92 Å². The molecule has 5 nitrogen and oxygen atoms in total. The molecule has 108 valence electrons. The first-order valence-electron chi connectivity index (χ1n) is 6.16. The fourth-order valence-corrected chi connectivity index (χ4v) is 2.35. The van der Waals surface area contributed by atoms with Gasteiger partial charge in [0, 0.05) is 12.6 Å². The van der Waals surface area contributed by atoms with Crippen LogP contribution in [-0.2, 0) is 4.79 Å². The van der Waals surface area contributed by atoms with Gasteiger partial charge in [-0.15, -0.1) is 0 Å². The number of para-hydroxylation sites is 1. The highest BCUT2D eigenvalue weighted by Gasteiger charge is 2.38. The van der Waals surface area contributed by atoms with E-state index in [-0.39, 0.29) is 6.54 Å². The molecule has 7 heteroatoms. The summed E-state index contributed by atoms with van der Waals surface area (Å²) in [7, 11) is 0. The van der Waals surface area contributed by atoms with Crippen molar-refractivity contribution in [3.05, 3.63) is 29.8 Å². The van der Waals surface area contributed by atoms with Gasteiger partial charge in [0.05, 0.1) is 5.92 Å². The zero-order chi connectivity index (χ0) is 14.9. The van der Waals surface area contributed by atoms with Gasteiger partial charge in [-0.3, -0.25) is 4.79 Å². The summed E-state index contributed by atoms with van der Waals surface area (Å²) in [5.74, 6) is -3.39. The number of nitrogens with one attached hydrogen (secondary N) is 1. The van der Waals surface area contributed by atoms with Crippen molar-refractivity contribution in [2.75, 3.05) is 11.9 Å². The van der Waals surface area contributed by atoms with Gasteiger partial charge in [0.25, 0.3) is 0 Å². The zero-order valence-electron chi connectivity index (χ0n) is 10.8. The Balaban J connectivity index is 2.12. The first kappa shape index (κ1) is 14.2. The van der Waals surface area contributed by atoms with Gasteiger partial charge in [-0.25, -0.2) is 13.6 Å². The Morgan fingerprint density at radius 3 is 2.45 bits per heavy atom. The number of hydrogen-bond donors (Lipinski definition) is 2. The standard InChI is InChI=1S/C13H14F2N2O3/c1-7-8(12(18)19)5-6-17(7)13(20)16-11-9(14)3-2-4-10(11)15/h2-4,7-8H,5-6H2,1H3,(H,16,20)(H,18,19). The number of hydrogen-bond acceptors (Lipinski definition) is 2. The average molecular weight is 284 g/mol. The maximum Gasteiger partial charge on any atom is 0.322 e. The molecule has 2 N–H and O–H groups in total. The van der Waals surface area contributed by atoms with Crippen LogP contribution < -0.4 is 5.32 Å². The van der Waals surface area contributed by atoms with E-state index in [4.69, 9.17) is 5.11 Å². The van der Waals surface area contributed by atoms with Crippen molar-refractivity contribution in [2.24, 2.45) is 5.92 Å². The van der Waals surface area contributed by atoms with Crippen LogP contribution >= 0.6 is 0 Å². The summed E-state index contributed by atoms with van der Waals surface area (Å²) in [4.78, 5) is 24.2. The number of benzene rings is 1. The number of carboxylic acid groups (broad SMARTS) is 1. The zero-order valence-corrected chi connectivity index (χ0v) is 10.8. The Labute approximate surface area is 114 Å². The summed E-state index contributed by atoms with van der Waals surface area (Å²) < 4.78 is 26.9. The molecule has 20 heavy (non-hydrogen) atoms. The van der Waals surface area contributed by atoms with Crippen LogP contribution in [0.1, 0.15) is 13.3 Å². The number of anilines is 1. The Kier molecular flexibility index (Phi) is 3.87. The molecule has 1 aliphatic rings. The summed E-state index contributed by atoms with van der Waals surface area (Å²) in [6.45, 7) is 1.84. The van der Waals surface area contributed by atoms with Crippen LogP contribution in [0.5, 0.6) is 0 Å². The predicted octanol–water partition coefficient (Wildman–Crippen LogP) is 2.29. The van der Waals surface area contributed by atoms with Crippen LogP contribution in [0.2, 0.25) is 0 Å². The minimum absolute atomic E-state index is 0.236. The van der Waals surface area contributed by atoms with E-state index in [1.165, 1.54) is 11.0 Å². The molecule has 1 heterocycles. The lowest BCUT2D eigenvalue weighted by Gasteiger charge is -2.23. The quantitative estimate of drug-likeness (QED) is 0.875. The molecule has 0 spiro atoms. The number of amides is 2. The van der Waals surface area contributed by atoms with Gasteiger partial charge in [-0.1, -0.05) is 6.07 Å². The normalized spacial score (nSPS) is 21.9. The molecule has 1 aromatic rings. The van der Waals surface area contributed by atoms with Crippen molar-refractivity contribution in [3.8, 4) is 0 Å². The molecule has 1 saturated heterocycles. The summed E-state index contributed by atoms with van der Waals surface area (Å²) in [5, 5.41) is 11.1. The second-order valence-electron chi connectivity index (χ2n) is 4.69. The van der Waals surface area contributed by atoms with Gasteiger partial charge in [-0.05, 0) is 25.5 Å². The Morgan fingerprint density at radius 1 is 1.35 bits per heavy atom. The van der Waals surface area contributed by atoms with E-state index >= 15 is 0 Å². The van der Waals surface area contributed by atoms with Gasteiger partial charge in [0.2, 0.25) is 0 Å². The van der Waals surface area contributed by atoms with Gasteiger partial charge in [0.1, 0.15) is 17.3 Å². The SMILES string of the molecule is CC1C(C(=O)O)CCN1C(=O)Nc1c(F)cccc1F.